The van der Waals surface area contributed by atoms with Crippen LogP contribution in [0.5, 0.6) is 0 Å². The standard InChI is InChI=1S/C15H13N3O/c1-11-5-2-3-8-14(11)18-15(19)17-13-7-4-6-12(9-13)10-16/h2-9H,1H3,(H2,17,18,19). The topological polar surface area (TPSA) is 64.9 Å². The quantitative estimate of drug-likeness (QED) is 0.857. The summed E-state index contributed by atoms with van der Waals surface area (Å²) in [5.41, 5.74) is 2.85. The minimum atomic E-state index is -0.329. The summed E-state index contributed by atoms with van der Waals surface area (Å²) in [6, 6.07) is 16.0. The first kappa shape index (κ1) is 12.7. The highest BCUT2D eigenvalue weighted by Gasteiger charge is 2.04. The van der Waals surface area contributed by atoms with E-state index in [1.54, 1.807) is 24.3 Å². The molecule has 4 heteroatoms. The second kappa shape index (κ2) is 5.69. The van der Waals surface area contributed by atoms with Crippen molar-refractivity contribution >= 4 is 17.4 Å². The van der Waals surface area contributed by atoms with E-state index in [2.05, 4.69) is 10.6 Å². The van der Waals surface area contributed by atoms with Crippen LogP contribution in [0.3, 0.4) is 0 Å². The van der Waals surface area contributed by atoms with Gasteiger partial charge >= 0.3 is 6.03 Å². The number of carbonyl (C=O) groups excluding carboxylic acids is 1. The Morgan fingerprint density at radius 3 is 2.63 bits per heavy atom. The Balaban J connectivity index is 2.06. The largest absolute Gasteiger partial charge is 0.323 e. The highest BCUT2D eigenvalue weighted by molar-refractivity contribution is 6.00. The van der Waals surface area contributed by atoms with Gasteiger partial charge in [0.25, 0.3) is 0 Å². The first-order valence-electron chi connectivity index (χ1n) is 5.83. The number of hydrogen-bond donors (Lipinski definition) is 2. The summed E-state index contributed by atoms with van der Waals surface area (Å²) in [4.78, 5) is 11.8. The minimum Gasteiger partial charge on any atom is -0.308 e. The Labute approximate surface area is 111 Å². The molecule has 0 atom stereocenters. The fraction of sp³-hybridized carbons (Fsp3) is 0.0667. The molecule has 2 rings (SSSR count). The molecule has 0 aromatic heterocycles. The number of carbonyl (C=O) groups is 1. The average molecular weight is 251 g/mol. The molecule has 0 bridgehead atoms. The fourth-order valence-electron chi connectivity index (χ4n) is 1.66. The highest BCUT2D eigenvalue weighted by Crippen LogP contribution is 2.14. The van der Waals surface area contributed by atoms with E-state index in [1.807, 2.05) is 37.3 Å². The molecular weight excluding hydrogens is 238 g/mol. The zero-order valence-electron chi connectivity index (χ0n) is 10.5. The molecule has 94 valence electrons. The Bertz CT molecular complexity index is 644. The number of para-hydroxylation sites is 1. The van der Waals surface area contributed by atoms with Crippen molar-refractivity contribution in [2.24, 2.45) is 0 Å². The number of anilines is 2. The maximum atomic E-state index is 11.8. The number of nitriles is 1. The molecule has 0 spiro atoms. The van der Waals surface area contributed by atoms with Crippen molar-refractivity contribution in [1.29, 1.82) is 5.26 Å². The van der Waals surface area contributed by atoms with Crippen LogP contribution in [-0.2, 0) is 0 Å². The zero-order chi connectivity index (χ0) is 13.7. The molecule has 2 amide bonds. The summed E-state index contributed by atoms with van der Waals surface area (Å²) < 4.78 is 0. The van der Waals surface area contributed by atoms with Gasteiger partial charge in [-0.05, 0) is 36.8 Å². The van der Waals surface area contributed by atoms with Crippen LogP contribution >= 0.6 is 0 Å². The SMILES string of the molecule is Cc1ccccc1NC(=O)Nc1cccc(C#N)c1. The monoisotopic (exact) mass is 251 g/mol. The molecule has 2 N–H and O–H groups in total. The first-order chi connectivity index (χ1) is 9.19. The molecule has 0 unspecified atom stereocenters. The third-order valence-electron chi connectivity index (χ3n) is 2.64. The summed E-state index contributed by atoms with van der Waals surface area (Å²) >= 11 is 0. The van der Waals surface area contributed by atoms with Gasteiger partial charge in [0, 0.05) is 11.4 Å². The van der Waals surface area contributed by atoms with E-state index in [9.17, 15) is 4.79 Å². The number of aryl methyl sites for hydroxylation is 1. The van der Waals surface area contributed by atoms with Gasteiger partial charge in [0.05, 0.1) is 11.6 Å². The van der Waals surface area contributed by atoms with Gasteiger partial charge < -0.3 is 10.6 Å². The highest BCUT2D eigenvalue weighted by atomic mass is 16.2. The van der Waals surface area contributed by atoms with Crippen LogP contribution in [0.1, 0.15) is 11.1 Å². The van der Waals surface area contributed by atoms with E-state index < -0.39 is 0 Å². The van der Waals surface area contributed by atoms with Crippen molar-refractivity contribution < 1.29 is 4.79 Å². The Kier molecular flexibility index (Phi) is 3.79. The molecule has 0 aliphatic carbocycles. The molecule has 0 saturated heterocycles. The zero-order valence-corrected chi connectivity index (χ0v) is 10.5. The molecule has 0 aliphatic rings. The minimum absolute atomic E-state index is 0.329. The average Bonchev–Trinajstić information content (AvgIpc) is 2.41. The van der Waals surface area contributed by atoms with Crippen LogP contribution in [0, 0.1) is 18.3 Å². The van der Waals surface area contributed by atoms with Gasteiger partial charge in [-0.1, -0.05) is 24.3 Å². The van der Waals surface area contributed by atoms with Gasteiger partial charge in [0.15, 0.2) is 0 Å². The number of hydrogen-bond acceptors (Lipinski definition) is 2. The fourth-order valence-corrected chi connectivity index (χ4v) is 1.66. The van der Waals surface area contributed by atoms with Crippen molar-refractivity contribution in [3.63, 3.8) is 0 Å². The van der Waals surface area contributed by atoms with Crippen LogP contribution < -0.4 is 10.6 Å². The van der Waals surface area contributed by atoms with Crippen molar-refractivity contribution in [2.75, 3.05) is 10.6 Å². The van der Waals surface area contributed by atoms with Crippen LogP contribution in [0.25, 0.3) is 0 Å². The number of nitrogens with zero attached hydrogens (tertiary/aromatic N) is 1. The summed E-state index contributed by atoms with van der Waals surface area (Å²) in [6.07, 6.45) is 0. The third-order valence-corrected chi connectivity index (χ3v) is 2.64. The number of amides is 2. The second-order valence-electron chi connectivity index (χ2n) is 4.09. The van der Waals surface area contributed by atoms with E-state index in [0.717, 1.165) is 11.3 Å². The van der Waals surface area contributed by atoms with Gasteiger partial charge in [-0.3, -0.25) is 0 Å². The first-order valence-corrected chi connectivity index (χ1v) is 5.83. The molecule has 0 saturated carbocycles. The Hall–Kier alpha value is -2.80. The van der Waals surface area contributed by atoms with Gasteiger partial charge in [0.2, 0.25) is 0 Å². The molecular formula is C15H13N3O. The van der Waals surface area contributed by atoms with Crippen LogP contribution in [0.15, 0.2) is 48.5 Å². The van der Waals surface area contributed by atoms with E-state index in [-0.39, 0.29) is 6.03 Å². The smallest absolute Gasteiger partial charge is 0.308 e. The number of benzene rings is 2. The lowest BCUT2D eigenvalue weighted by molar-refractivity contribution is 0.262. The molecule has 2 aromatic rings. The summed E-state index contributed by atoms with van der Waals surface area (Å²) in [5.74, 6) is 0. The van der Waals surface area contributed by atoms with Crippen LogP contribution in [0.4, 0.5) is 16.2 Å². The lowest BCUT2D eigenvalue weighted by atomic mass is 10.2. The third kappa shape index (κ3) is 3.33. The molecule has 0 fully saturated rings. The van der Waals surface area contributed by atoms with Gasteiger partial charge in [-0.25, -0.2) is 4.79 Å². The number of urea groups is 1. The lowest BCUT2D eigenvalue weighted by Gasteiger charge is -2.09. The predicted molar refractivity (Wildman–Crippen MR) is 75.0 cm³/mol. The summed E-state index contributed by atoms with van der Waals surface area (Å²) in [5, 5.41) is 14.2. The Morgan fingerprint density at radius 1 is 1.11 bits per heavy atom. The van der Waals surface area contributed by atoms with Crippen molar-refractivity contribution in [3.8, 4) is 6.07 Å². The van der Waals surface area contributed by atoms with Crippen molar-refractivity contribution in [1.82, 2.24) is 0 Å². The van der Waals surface area contributed by atoms with Gasteiger partial charge in [0.1, 0.15) is 0 Å². The van der Waals surface area contributed by atoms with Gasteiger partial charge in [-0.2, -0.15) is 5.26 Å². The molecule has 2 aromatic carbocycles. The summed E-state index contributed by atoms with van der Waals surface area (Å²) in [7, 11) is 0. The molecule has 19 heavy (non-hydrogen) atoms. The molecule has 0 radical (unpaired) electrons. The van der Waals surface area contributed by atoms with Crippen LogP contribution in [-0.4, -0.2) is 6.03 Å². The van der Waals surface area contributed by atoms with E-state index in [1.165, 1.54) is 0 Å². The second-order valence-corrected chi connectivity index (χ2v) is 4.09. The van der Waals surface area contributed by atoms with Gasteiger partial charge in [-0.15, -0.1) is 0 Å². The van der Waals surface area contributed by atoms with E-state index in [0.29, 0.717) is 11.3 Å². The van der Waals surface area contributed by atoms with Crippen molar-refractivity contribution in [2.45, 2.75) is 6.92 Å². The maximum absolute atomic E-state index is 11.8. The summed E-state index contributed by atoms with van der Waals surface area (Å²) in [6.45, 7) is 1.92. The van der Waals surface area contributed by atoms with Crippen molar-refractivity contribution in [3.05, 3.63) is 59.7 Å². The predicted octanol–water partition coefficient (Wildman–Crippen LogP) is 3.51. The molecule has 0 heterocycles. The number of rotatable bonds is 2. The van der Waals surface area contributed by atoms with Crippen LogP contribution in [0.2, 0.25) is 0 Å². The lowest BCUT2D eigenvalue weighted by Crippen LogP contribution is -2.19. The van der Waals surface area contributed by atoms with E-state index >= 15 is 0 Å². The molecule has 4 nitrogen and oxygen atoms in total. The Morgan fingerprint density at radius 2 is 1.89 bits per heavy atom. The normalized spacial score (nSPS) is 9.47. The number of nitrogens with one attached hydrogen (secondary N) is 2. The maximum Gasteiger partial charge on any atom is 0.323 e. The molecule has 0 aliphatic heterocycles. The van der Waals surface area contributed by atoms with E-state index in [4.69, 9.17) is 5.26 Å².